The van der Waals surface area contributed by atoms with Crippen LogP contribution in [0.15, 0.2) is 73.4 Å². The predicted octanol–water partition coefficient (Wildman–Crippen LogP) is 3.43. The highest BCUT2D eigenvalue weighted by Gasteiger charge is 2.30. The second-order valence-corrected chi connectivity index (χ2v) is 7.87. The molecule has 32 heavy (non-hydrogen) atoms. The Balaban J connectivity index is 1.61. The molecular formula is C24H19N7O. The highest BCUT2D eigenvalue weighted by molar-refractivity contribution is 6.10. The molecule has 0 saturated carbocycles. The Morgan fingerprint density at radius 2 is 1.91 bits per heavy atom. The normalized spacial score (nSPS) is 14.6. The van der Waals surface area contributed by atoms with E-state index in [4.69, 9.17) is 5.73 Å². The lowest BCUT2D eigenvalue weighted by molar-refractivity contribution is 0.0995. The Morgan fingerprint density at radius 1 is 1.09 bits per heavy atom. The first-order valence-electron chi connectivity index (χ1n) is 10.2. The van der Waals surface area contributed by atoms with E-state index in [2.05, 4.69) is 44.8 Å². The van der Waals surface area contributed by atoms with E-state index in [-0.39, 0.29) is 11.7 Å². The van der Waals surface area contributed by atoms with E-state index in [9.17, 15) is 4.79 Å². The average Bonchev–Trinajstić information content (AvgIpc) is 3.43. The molecule has 6 rings (SSSR count). The molecule has 0 aliphatic carbocycles. The van der Waals surface area contributed by atoms with Gasteiger partial charge in [0.2, 0.25) is 0 Å². The number of nitrogens with zero attached hydrogens (tertiary/aromatic N) is 5. The van der Waals surface area contributed by atoms with E-state index in [1.54, 1.807) is 12.5 Å². The van der Waals surface area contributed by atoms with Crippen LogP contribution in [0.1, 0.15) is 27.7 Å². The lowest BCUT2D eigenvalue weighted by Crippen LogP contribution is -2.16. The highest BCUT2D eigenvalue weighted by atomic mass is 16.1. The molecule has 1 aliphatic heterocycles. The number of hydrogen-bond donors (Lipinski definition) is 2. The number of hydrogen-bond acceptors (Lipinski definition) is 5. The summed E-state index contributed by atoms with van der Waals surface area (Å²) < 4.78 is 3.90. The van der Waals surface area contributed by atoms with Crippen LogP contribution in [0.25, 0.3) is 27.8 Å². The van der Waals surface area contributed by atoms with Gasteiger partial charge in [-0.1, -0.05) is 30.3 Å². The molecule has 1 unspecified atom stereocenters. The first kappa shape index (κ1) is 18.3. The maximum absolute atomic E-state index is 12.3. The Labute approximate surface area is 183 Å². The zero-order chi connectivity index (χ0) is 21.8. The molecule has 5 aromatic rings. The van der Waals surface area contributed by atoms with E-state index in [0.29, 0.717) is 5.65 Å². The average molecular weight is 421 g/mol. The van der Waals surface area contributed by atoms with Crippen LogP contribution in [0.2, 0.25) is 0 Å². The van der Waals surface area contributed by atoms with E-state index >= 15 is 0 Å². The second-order valence-electron chi connectivity index (χ2n) is 7.87. The van der Waals surface area contributed by atoms with Gasteiger partial charge in [-0.3, -0.25) is 4.79 Å². The van der Waals surface area contributed by atoms with Crippen molar-refractivity contribution in [2.45, 2.75) is 6.04 Å². The summed E-state index contributed by atoms with van der Waals surface area (Å²) >= 11 is 0. The van der Waals surface area contributed by atoms with E-state index in [1.165, 1.54) is 0 Å². The lowest BCUT2D eigenvalue weighted by Gasteiger charge is -2.20. The number of aromatic nitrogens is 5. The van der Waals surface area contributed by atoms with Gasteiger partial charge in [-0.2, -0.15) is 0 Å². The molecule has 3 N–H and O–H groups in total. The van der Waals surface area contributed by atoms with Crippen molar-refractivity contribution in [3.63, 3.8) is 0 Å². The predicted molar refractivity (Wildman–Crippen MR) is 121 cm³/mol. The topological polar surface area (TPSA) is 104 Å². The number of primary amides is 1. The molecule has 1 amide bonds. The SMILES string of the molecule is Cn1cc2c3c(c(C(N)=O)nnc31)-c1ccccc1NC2c1ccc(-n2ccnc2)cc1. The molecule has 8 nitrogen and oxygen atoms in total. The van der Waals surface area contributed by atoms with Gasteiger partial charge < -0.3 is 20.2 Å². The molecule has 0 fully saturated rings. The van der Waals surface area contributed by atoms with Crippen LogP contribution in [-0.4, -0.2) is 30.2 Å². The maximum Gasteiger partial charge on any atom is 0.269 e. The lowest BCUT2D eigenvalue weighted by atomic mass is 9.95. The van der Waals surface area contributed by atoms with Gasteiger partial charge in [-0.05, 0) is 23.8 Å². The standard InChI is InChI=1S/C24H19N7O/c1-30-12-17-20-19(22(23(25)32)28-29-24(20)30)16-4-2-3-5-18(16)27-21(17)14-6-8-15(9-7-14)31-11-10-26-13-31/h2-13,21,27H,1H3,(H2,25,32). The van der Waals surface area contributed by atoms with E-state index < -0.39 is 5.91 Å². The minimum Gasteiger partial charge on any atom is -0.374 e. The first-order chi connectivity index (χ1) is 15.6. The number of carbonyl (C=O) groups is 1. The summed E-state index contributed by atoms with van der Waals surface area (Å²) in [6, 6.07) is 16.1. The summed E-state index contributed by atoms with van der Waals surface area (Å²) in [7, 11) is 1.93. The number of anilines is 1. The second kappa shape index (κ2) is 6.78. The van der Waals surface area contributed by atoms with Crippen molar-refractivity contribution in [3.05, 3.63) is 90.3 Å². The quantitative estimate of drug-likeness (QED) is 0.464. The van der Waals surface area contributed by atoms with Gasteiger partial charge in [-0.25, -0.2) is 4.98 Å². The summed E-state index contributed by atoms with van der Waals surface area (Å²) in [4.78, 5) is 16.4. The molecule has 2 aromatic carbocycles. The van der Waals surface area contributed by atoms with Crippen molar-refractivity contribution in [3.8, 4) is 16.8 Å². The van der Waals surface area contributed by atoms with Gasteiger partial charge in [0.25, 0.3) is 5.91 Å². The number of imidazole rings is 1. The molecule has 1 atom stereocenters. The number of rotatable bonds is 3. The van der Waals surface area contributed by atoms with Crippen LogP contribution in [-0.2, 0) is 7.05 Å². The van der Waals surface area contributed by atoms with Crippen LogP contribution >= 0.6 is 0 Å². The van der Waals surface area contributed by atoms with Crippen LogP contribution in [0, 0.1) is 0 Å². The Hall–Kier alpha value is -4.46. The molecule has 1 aliphatic rings. The van der Waals surface area contributed by atoms with Crippen LogP contribution in [0.5, 0.6) is 0 Å². The largest absolute Gasteiger partial charge is 0.374 e. The molecular weight excluding hydrogens is 402 g/mol. The van der Waals surface area contributed by atoms with Crippen molar-refractivity contribution in [2.75, 3.05) is 5.32 Å². The van der Waals surface area contributed by atoms with Gasteiger partial charge in [-0.15, -0.1) is 10.2 Å². The zero-order valence-corrected chi connectivity index (χ0v) is 17.2. The molecule has 8 heteroatoms. The number of amides is 1. The summed E-state index contributed by atoms with van der Waals surface area (Å²) in [6.07, 6.45) is 7.49. The zero-order valence-electron chi connectivity index (χ0n) is 17.2. The van der Waals surface area contributed by atoms with Crippen molar-refractivity contribution >= 4 is 22.6 Å². The monoisotopic (exact) mass is 421 g/mol. The third-order valence-electron chi connectivity index (χ3n) is 5.98. The fraction of sp³-hybridized carbons (Fsp3) is 0.0833. The van der Waals surface area contributed by atoms with Gasteiger partial charge in [0, 0.05) is 59.1 Å². The summed E-state index contributed by atoms with van der Waals surface area (Å²) in [6.45, 7) is 0. The minimum atomic E-state index is -0.595. The highest BCUT2D eigenvalue weighted by Crippen LogP contribution is 2.45. The first-order valence-corrected chi connectivity index (χ1v) is 10.2. The van der Waals surface area contributed by atoms with Crippen molar-refractivity contribution in [2.24, 2.45) is 12.8 Å². The fourth-order valence-corrected chi connectivity index (χ4v) is 4.51. The number of para-hydroxylation sites is 1. The molecule has 3 aromatic heterocycles. The third kappa shape index (κ3) is 2.63. The van der Waals surface area contributed by atoms with Crippen molar-refractivity contribution in [1.82, 2.24) is 24.3 Å². The van der Waals surface area contributed by atoms with Gasteiger partial charge in [0.15, 0.2) is 11.3 Å². The van der Waals surface area contributed by atoms with Crippen LogP contribution in [0.3, 0.4) is 0 Å². The van der Waals surface area contributed by atoms with Gasteiger partial charge in [0.05, 0.1) is 12.4 Å². The number of carbonyl (C=O) groups excluding carboxylic acids is 1. The van der Waals surface area contributed by atoms with Crippen LogP contribution < -0.4 is 11.1 Å². The molecule has 0 radical (unpaired) electrons. The summed E-state index contributed by atoms with van der Waals surface area (Å²) in [5.41, 5.74) is 12.2. The molecule has 156 valence electrons. The summed E-state index contributed by atoms with van der Waals surface area (Å²) in [5.74, 6) is -0.595. The maximum atomic E-state index is 12.3. The Kier molecular flexibility index (Phi) is 3.88. The number of nitrogens with two attached hydrogens (primary N) is 1. The number of benzene rings is 2. The van der Waals surface area contributed by atoms with Crippen molar-refractivity contribution in [1.29, 1.82) is 0 Å². The number of fused-ring (bicyclic) bond motifs is 2. The Morgan fingerprint density at radius 3 is 2.66 bits per heavy atom. The smallest absolute Gasteiger partial charge is 0.269 e. The van der Waals surface area contributed by atoms with E-state index in [0.717, 1.165) is 39.0 Å². The molecule has 0 spiro atoms. The summed E-state index contributed by atoms with van der Waals surface area (Å²) in [5, 5.41) is 13.1. The minimum absolute atomic E-state index is 0.150. The van der Waals surface area contributed by atoms with Gasteiger partial charge >= 0.3 is 0 Å². The number of aryl methyl sites for hydroxylation is 1. The van der Waals surface area contributed by atoms with E-state index in [1.807, 2.05) is 52.8 Å². The third-order valence-corrected chi connectivity index (χ3v) is 5.98. The molecule has 0 saturated heterocycles. The number of nitrogens with one attached hydrogen (secondary N) is 1. The van der Waals surface area contributed by atoms with Crippen molar-refractivity contribution < 1.29 is 4.79 Å². The van der Waals surface area contributed by atoms with Gasteiger partial charge in [0.1, 0.15) is 0 Å². The Bertz CT molecular complexity index is 1480. The fourth-order valence-electron chi connectivity index (χ4n) is 4.51. The van der Waals surface area contributed by atoms with Crippen LogP contribution in [0.4, 0.5) is 5.69 Å². The molecule has 0 bridgehead atoms. The molecule has 4 heterocycles.